The highest BCUT2D eigenvalue weighted by atomic mass is 16.2. The number of hydrogen-bond acceptors (Lipinski definition) is 4. The number of hydrogen-bond donors (Lipinski definition) is 2. The lowest BCUT2D eigenvalue weighted by atomic mass is 9.96. The van der Waals surface area contributed by atoms with Crippen LogP contribution in [0.25, 0.3) is 0 Å². The van der Waals surface area contributed by atoms with E-state index in [1.165, 1.54) is 6.20 Å². The van der Waals surface area contributed by atoms with Crippen LogP contribution in [0, 0.1) is 0 Å². The molecule has 2 rings (SSSR count). The summed E-state index contributed by atoms with van der Waals surface area (Å²) >= 11 is 0. The fourth-order valence-corrected chi connectivity index (χ4v) is 2.36. The van der Waals surface area contributed by atoms with Gasteiger partial charge in [0.2, 0.25) is 0 Å². The van der Waals surface area contributed by atoms with Gasteiger partial charge in [-0.3, -0.25) is 9.59 Å². The zero-order valence-corrected chi connectivity index (χ0v) is 10.4. The van der Waals surface area contributed by atoms with Gasteiger partial charge in [-0.2, -0.15) is 0 Å². The number of aromatic nitrogens is 2. The summed E-state index contributed by atoms with van der Waals surface area (Å²) in [6, 6.07) is -0.00279. The van der Waals surface area contributed by atoms with Crippen molar-refractivity contribution in [3.8, 4) is 0 Å². The largest absolute Gasteiger partial charge is 0.333 e. The summed E-state index contributed by atoms with van der Waals surface area (Å²) in [4.78, 5) is 31.4. The minimum absolute atomic E-state index is 0.0555. The average molecular weight is 250 g/mol. The van der Waals surface area contributed by atoms with Gasteiger partial charge in [-0.05, 0) is 26.2 Å². The molecule has 1 fully saturated rings. The Morgan fingerprint density at radius 3 is 3.00 bits per heavy atom. The van der Waals surface area contributed by atoms with Crippen LogP contribution in [-0.4, -0.2) is 39.4 Å². The highest BCUT2D eigenvalue weighted by Gasteiger charge is 2.30. The van der Waals surface area contributed by atoms with Gasteiger partial charge in [0.05, 0.1) is 6.20 Å². The monoisotopic (exact) mass is 250 g/mol. The second kappa shape index (κ2) is 5.30. The quantitative estimate of drug-likeness (QED) is 0.779. The first-order valence-corrected chi connectivity index (χ1v) is 6.21. The molecule has 0 radical (unpaired) electrons. The Morgan fingerprint density at radius 2 is 2.39 bits per heavy atom. The van der Waals surface area contributed by atoms with Crippen LogP contribution in [-0.2, 0) is 0 Å². The average Bonchev–Trinajstić information content (AvgIpc) is 2.39. The number of aromatic amines is 1. The van der Waals surface area contributed by atoms with Crippen molar-refractivity contribution in [1.29, 1.82) is 0 Å². The van der Waals surface area contributed by atoms with Gasteiger partial charge >= 0.3 is 0 Å². The van der Waals surface area contributed by atoms with Gasteiger partial charge in [-0.15, -0.1) is 0 Å². The van der Waals surface area contributed by atoms with Crippen LogP contribution < -0.4 is 11.3 Å². The third-order valence-corrected chi connectivity index (χ3v) is 3.31. The predicted octanol–water partition coefficient (Wildman–Crippen LogP) is 0.112. The predicted molar refractivity (Wildman–Crippen MR) is 67.2 cm³/mol. The van der Waals surface area contributed by atoms with Crippen LogP contribution in [0.3, 0.4) is 0 Å². The van der Waals surface area contributed by atoms with E-state index in [0.717, 1.165) is 25.5 Å². The topological polar surface area (TPSA) is 92.1 Å². The van der Waals surface area contributed by atoms with E-state index < -0.39 is 0 Å². The minimum Gasteiger partial charge on any atom is -0.333 e. The number of carbonyl (C=O) groups excluding carboxylic acids is 1. The maximum atomic E-state index is 12.3. The molecule has 6 nitrogen and oxygen atoms in total. The second-order valence-corrected chi connectivity index (χ2v) is 4.72. The fraction of sp³-hybridized carbons (Fsp3) is 0.583. The van der Waals surface area contributed by atoms with Crippen LogP contribution in [0.1, 0.15) is 36.7 Å². The lowest BCUT2D eigenvalue weighted by Crippen LogP contribution is -2.51. The zero-order valence-electron chi connectivity index (χ0n) is 10.4. The Bertz CT molecular complexity index is 463. The van der Waals surface area contributed by atoms with Gasteiger partial charge in [0.25, 0.3) is 11.5 Å². The van der Waals surface area contributed by atoms with Crippen molar-refractivity contribution in [3.05, 3.63) is 28.4 Å². The summed E-state index contributed by atoms with van der Waals surface area (Å²) in [5.74, 6) is -0.159. The molecule has 1 aliphatic heterocycles. The van der Waals surface area contributed by atoms with E-state index >= 15 is 0 Å². The number of nitrogens with one attached hydrogen (secondary N) is 1. The van der Waals surface area contributed by atoms with E-state index in [-0.39, 0.29) is 29.2 Å². The van der Waals surface area contributed by atoms with Crippen molar-refractivity contribution in [2.24, 2.45) is 5.73 Å². The van der Waals surface area contributed by atoms with Gasteiger partial charge in [0.1, 0.15) is 5.69 Å². The highest BCUT2D eigenvalue weighted by molar-refractivity contribution is 5.92. The molecule has 1 aliphatic rings. The molecule has 0 spiro atoms. The molecule has 1 amide bonds. The molecule has 0 bridgehead atoms. The Morgan fingerprint density at radius 1 is 1.61 bits per heavy atom. The molecular weight excluding hydrogens is 232 g/mol. The van der Waals surface area contributed by atoms with Crippen molar-refractivity contribution in [3.63, 3.8) is 0 Å². The maximum absolute atomic E-state index is 12.3. The first-order chi connectivity index (χ1) is 8.59. The summed E-state index contributed by atoms with van der Waals surface area (Å²) in [6.07, 6.45) is 5.48. The van der Waals surface area contributed by atoms with Crippen molar-refractivity contribution >= 4 is 5.91 Å². The van der Waals surface area contributed by atoms with Crippen LogP contribution in [0.4, 0.5) is 0 Å². The normalized spacial score (nSPS) is 21.7. The molecule has 98 valence electrons. The van der Waals surface area contributed by atoms with E-state index in [1.54, 1.807) is 4.90 Å². The molecule has 2 atom stereocenters. The molecule has 2 unspecified atom stereocenters. The summed E-state index contributed by atoms with van der Waals surface area (Å²) in [5.41, 5.74) is 5.88. The van der Waals surface area contributed by atoms with Gasteiger partial charge in [0, 0.05) is 24.8 Å². The summed E-state index contributed by atoms with van der Waals surface area (Å²) in [5, 5.41) is 0. The number of nitrogens with zero attached hydrogens (tertiary/aromatic N) is 2. The maximum Gasteiger partial charge on any atom is 0.274 e. The van der Waals surface area contributed by atoms with Crippen molar-refractivity contribution in [1.82, 2.24) is 14.9 Å². The van der Waals surface area contributed by atoms with Gasteiger partial charge in [-0.25, -0.2) is 4.98 Å². The molecule has 2 heterocycles. The minimum atomic E-state index is -0.311. The van der Waals surface area contributed by atoms with Crippen molar-refractivity contribution < 1.29 is 4.79 Å². The number of piperidine rings is 1. The van der Waals surface area contributed by atoms with Crippen molar-refractivity contribution in [2.45, 2.75) is 38.3 Å². The van der Waals surface area contributed by atoms with E-state index in [9.17, 15) is 9.59 Å². The lowest BCUT2D eigenvalue weighted by molar-refractivity contribution is 0.0577. The lowest BCUT2D eigenvalue weighted by Gasteiger charge is -2.37. The number of likely N-dealkylation sites (tertiary alicyclic amines) is 1. The van der Waals surface area contributed by atoms with Gasteiger partial charge in [-0.1, -0.05) is 0 Å². The van der Waals surface area contributed by atoms with E-state index in [4.69, 9.17) is 5.73 Å². The Hall–Kier alpha value is -1.69. The van der Waals surface area contributed by atoms with Crippen LogP contribution >= 0.6 is 0 Å². The van der Waals surface area contributed by atoms with Gasteiger partial charge < -0.3 is 15.6 Å². The van der Waals surface area contributed by atoms with Crippen molar-refractivity contribution in [2.75, 3.05) is 6.54 Å². The molecule has 6 heteroatoms. The second-order valence-electron chi connectivity index (χ2n) is 4.72. The fourth-order valence-electron chi connectivity index (χ4n) is 2.36. The Labute approximate surface area is 105 Å². The highest BCUT2D eigenvalue weighted by Crippen LogP contribution is 2.20. The molecule has 0 aliphatic carbocycles. The molecule has 1 aromatic heterocycles. The summed E-state index contributed by atoms with van der Waals surface area (Å²) in [7, 11) is 0. The van der Waals surface area contributed by atoms with E-state index in [2.05, 4.69) is 9.97 Å². The molecule has 1 aromatic rings. The summed E-state index contributed by atoms with van der Waals surface area (Å²) in [6.45, 7) is 2.61. The SMILES string of the molecule is CC(N)C1CCCCN1C(=O)c1c[nH]c(=O)cn1. The van der Waals surface area contributed by atoms with Crippen LogP contribution in [0.15, 0.2) is 17.2 Å². The van der Waals surface area contributed by atoms with Crippen LogP contribution in [0.5, 0.6) is 0 Å². The molecule has 1 saturated heterocycles. The number of amides is 1. The molecule has 0 aromatic carbocycles. The number of carbonyl (C=O) groups is 1. The first kappa shape index (κ1) is 12.8. The zero-order chi connectivity index (χ0) is 13.1. The molecular formula is C12H18N4O2. The van der Waals surface area contributed by atoms with Crippen LogP contribution in [0.2, 0.25) is 0 Å². The third-order valence-electron chi connectivity index (χ3n) is 3.31. The summed E-state index contributed by atoms with van der Waals surface area (Å²) < 4.78 is 0. The number of rotatable bonds is 2. The first-order valence-electron chi connectivity index (χ1n) is 6.21. The molecule has 18 heavy (non-hydrogen) atoms. The number of nitrogens with two attached hydrogens (primary N) is 1. The third kappa shape index (κ3) is 2.59. The van der Waals surface area contributed by atoms with E-state index in [0.29, 0.717) is 6.54 Å². The van der Waals surface area contributed by atoms with Gasteiger partial charge in [0.15, 0.2) is 0 Å². The Balaban J connectivity index is 2.20. The number of H-pyrrole nitrogens is 1. The Kier molecular flexibility index (Phi) is 3.76. The molecule has 3 N–H and O–H groups in total. The standard InChI is InChI=1S/C12H18N4O2/c1-8(13)10-4-2-3-5-16(10)12(18)9-6-15-11(17)7-14-9/h6-8,10H,2-5,13H2,1H3,(H,15,17). The van der Waals surface area contributed by atoms with E-state index in [1.807, 2.05) is 6.92 Å². The smallest absolute Gasteiger partial charge is 0.274 e. The molecule has 0 saturated carbocycles.